The quantitative estimate of drug-likeness (QED) is 0.0255. The number of carbonyl (C=O) groups excluding carboxylic acids is 8. The van der Waals surface area contributed by atoms with E-state index in [2.05, 4.69) is 10.6 Å². The van der Waals surface area contributed by atoms with E-state index < -0.39 is 111 Å². The highest BCUT2D eigenvalue weighted by Gasteiger charge is 2.45. The van der Waals surface area contributed by atoms with Crippen LogP contribution >= 0.6 is 7.60 Å². The second-order valence-electron chi connectivity index (χ2n) is 32.8. The summed E-state index contributed by atoms with van der Waals surface area (Å²) in [5.41, 5.74) is -1.09. The van der Waals surface area contributed by atoms with E-state index in [1.54, 1.807) is 18.7 Å². The van der Waals surface area contributed by atoms with Gasteiger partial charge in [-0.1, -0.05) is 72.1 Å². The van der Waals surface area contributed by atoms with Crippen LogP contribution in [0, 0.1) is 29.1 Å². The Morgan fingerprint density at radius 2 is 0.819 bits per heavy atom. The highest BCUT2D eigenvalue weighted by molar-refractivity contribution is 7.52. The van der Waals surface area contributed by atoms with Gasteiger partial charge in [0.05, 0.1) is 102 Å². The van der Waals surface area contributed by atoms with Crippen molar-refractivity contribution in [2.24, 2.45) is 29.1 Å². The fraction of sp³-hybridized carbons (Fsp3) is 0.904. The van der Waals surface area contributed by atoms with E-state index in [1.165, 1.54) is 13.8 Å². The molecule has 4 aliphatic rings. The number of rotatable bonds is 69. The van der Waals surface area contributed by atoms with Crippen molar-refractivity contribution in [3.8, 4) is 0 Å². The third kappa shape index (κ3) is 41.8. The minimum absolute atomic E-state index is 0.0130. The van der Waals surface area contributed by atoms with Crippen molar-refractivity contribution in [2.45, 2.75) is 332 Å². The van der Waals surface area contributed by atoms with E-state index in [0.29, 0.717) is 154 Å². The smallest absolute Gasteiger partial charge is 0.327 e. The first-order chi connectivity index (χ1) is 55.6. The van der Waals surface area contributed by atoms with E-state index >= 15 is 0 Å². The van der Waals surface area contributed by atoms with Gasteiger partial charge in [0, 0.05) is 172 Å². The number of nitrogens with one attached hydrogen (secondary N) is 2. The second kappa shape index (κ2) is 59.9. The number of ketones is 5. The maximum atomic E-state index is 14.2. The first kappa shape index (κ1) is 105. The number of ether oxygens (including phenoxy) is 8. The summed E-state index contributed by atoms with van der Waals surface area (Å²) in [5.74, 6) is -2.26. The zero-order valence-electron chi connectivity index (χ0n) is 70.2. The van der Waals surface area contributed by atoms with Crippen molar-refractivity contribution in [3.05, 3.63) is 0 Å². The highest BCUT2D eigenvalue weighted by atomic mass is 31.2. The van der Waals surface area contributed by atoms with E-state index in [4.69, 9.17) is 46.9 Å². The SMILES string of the molecule is COP(C)(=O)OC[C@@H]1C[C@@H](O)CN1C(=O)CCCCCCCCCCC(=O)CC(COCCC(=O)CCCCCC(=O)CCCCOC1CC(CO)C(O)C(O)C1C)(COCCC(=O)CCCCCC(=O)CCCCOC1OC(CO)C(O)C(O)C1C)COCCC(=O)NCCCNC(=O)CCCCOC1OC(CO)C(O)C(O)C1C. The molecule has 19 atom stereocenters. The topological polar surface area (TPSA) is 476 Å². The molecule has 0 radical (unpaired) electrons. The Kier molecular flexibility index (Phi) is 53.9. The van der Waals surface area contributed by atoms with Crippen LogP contribution in [0.1, 0.15) is 252 Å². The maximum absolute atomic E-state index is 14.2. The van der Waals surface area contributed by atoms with Gasteiger partial charge in [-0.2, -0.15) is 0 Å². The molecule has 116 heavy (non-hydrogen) atoms. The van der Waals surface area contributed by atoms with Gasteiger partial charge in [0.2, 0.25) is 17.7 Å². The van der Waals surface area contributed by atoms with E-state index in [1.807, 2.05) is 6.92 Å². The number of carbonyl (C=O) groups is 8. The Labute approximate surface area is 687 Å². The number of hydrogen-bond acceptors (Lipinski definition) is 29. The van der Waals surface area contributed by atoms with Gasteiger partial charge >= 0.3 is 7.60 Å². The van der Waals surface area contributed by atoms with E-state index in [-0.39, 0.29) is 195 Å². The minimum Gasteiger partial charge on any atom is -0.396 e. The van der Waals surface area contributed by atoms with Gasteiger partial charge in [0.1, 0.15) is 53.3 Å². The molecule has 3 amide bonds. The predicted molar refractivity (Wildman–Crippen MR) is 427 cm³/mol. The molecule has 33 heteroatoms. The lowest BCUT2D eigenvalue weighted by Gasteiger charge is -2.40. The molecule has 12 N–H and O–H groups in total. The Balaban J connectivity index is 1.28. The summed E-state index contributed by atoms with van der Waals surface area (Å²) >= 11 is 0. The molecule has 17 unspecified atom stereocenters. The zero-order valence-corrected chi connectivity index (χ0v) is 71.1. The summed E-state index contributed by atoms with van der Waals surface area (Å²) < 4.78 is 70.1. The van der Waals surface area contributed by atoms with Crippen LogP contribution in [0.5, 0.6) is 0 Å². The molecule has 0 aromatic rings. The van der Waals surface area contributed by atoms with Crippen molar-refractivity contribution < 1.29 is 141 Å². The van der Waals surface area contributed by atoms with Gasteiger partial charge in [-0.25, -0.2) is 0 Å². The van der Waals surface area contributed by atoms with Gasteiger partial charge in [0.25, 0.3) is 0 Å². The number of β-amino-alcohol motifs (C(OH)–C–C–N with tert-alkyl or cyclic N) is 1. The molecule has 3 saturated heterocycles. The van der Waals surface area contributed by atoms with Crippen LogP contribution in [0.4, 0.5) is 0 Å². The molecule has 0 aromatic heterocycles. The standard InChI is InChI=1S/C83H148N3O29P/c1-58-69(47-61(51-87)78(102)75(58)99)110-41-23-20-31-63(90)27-15-12-17-29-65(92)36-44-107-55-83(49-67(94)33-14-10-8-6-7-9-11-19-35-74(98)86-50-68(95)48-62(86)54-113-116(5,105)106-4,56-108-45-37-66(93)30-18-13-16-28-64(91)32-21-24-42-111-81-59(2)76(100)79(103)70(52-88)114-81)57-109-46-38-73(97)85-40-26-39-84-72(96)34-22-25-43-112-82-60(3)77(101)80(104)71(53-89)115-82/h58-62,68-71,75-82,87-89,95,99-104H,6-57H2,1-5H3,(H,84,96)(H,85,97)/t58?,59?,60?,61?,62-,68+,69?,70?,71?,75?,76?,77?,78?,79?,80?,81?,82?,83?,116?/m0/s1. The minimum atomic E-state index is -3.25. The maximum Gasteiger partial charge on any atom is 0.327 e. The summed E-state index contributed by atoms with van der Waals surface area (Å²) in [6.45, 7) is 6.93. The molecule has 0 bridgehead atoms. The largest absolute Gasteiger partial charge is 0.396 e. The lowest BCUT2D eigenvalue weighted by Crippen LogP contribution is -2.55. The van der Waals surface area contributed by atoms with Crippen molar-refractivity contribution in [1.82, 2.24) is 15.5 Å². The fourth-order valence-electron chi connectivity index (χ4n) is 15.0. The molecule has 32 nitrogen and oxygen atoms in total. The molecular formula is C83H148N3O29P. The number of hydrogen-bond donors (Lipinski definition) is 12. The van der Waals surface area contributed by atoms with Crippen LogP contribution in [0.3, 0.4) is 0 Å². The van der Waals surface area contributed by atoms with Crippen molar-refractivity contribution in [2.75, 3.05) is 119 Å². The van der Waals surface area contributed by atoms with Crippen LogP contribution in [-0.4, -0.2) is 302 Å². The van der Waals surface area contributed by atoms with Gasteiger partial charge in [-0.05, 0) is 96.3 Å². The molecule has 4 rings (SSSR count). The number of aliphatic hydroxyl groups excluding tert-OH is 10. The summed E-state index contributed by atoms with van der Waals surface area (Å²) in [6, 6.07) is -0.385. The summed E-state index contributed by atoms with van der Waals surface area (Å²) in [5, 5.41) is 106. The highest BCUT2D eigenvalue weighted by Crippen LogP contribution is 2.43. The number of likely N-dealkylation sites (tertiary alicyclic amines) is 1. The van der Waals surface area contributed by atoms with Gasteiger partial charge in [0.15, 0.2) is 12.6 Å². The molecule has 1 saturated carbocycles. The number of nitrogens with zero attached hydrogens (tertiary/aromatic N) is 1. The van der Waals surface area contributed by atoms with Crippen molar-refractivity contribution >= 4 is 54.2 Å². The Morgan fingerprint density at radius 1 is 0.431 bits per heavy atom. The van der Waals surface area contributed by atoms with Gasteiger partial charge in [-0.15, -0.1) is 0 Å². The average Bonchev–Trinajstić information content (AvgIpc) is 1.41. The lowest BCUT2D eigenvalue weighted by atomic mass is 9.77. The third-order valence-corrected chi connectivity index (χ3v) is 24.1. The monoisotopic (exact) mass is 1680 g/mol. The van der Waals surface area contributed by atoms with E-state index in [9.17, 15) is 94.0 Å². The number of Topliss-reactive ketones (excluding diaryl/α,β-unsaturated/α-hetero) is 5. The first-order valence-corrected chi connectivity index (χ1v) is 45.2. The zero-order chi connectivity index (χ0) is 85.3. The Morgan fingerprint density at radius 3 is 1.28 bits per heavy atom. The molecule has 4 fully saturated rings. The molecule has 674 valence electrons. The van der Waals surface area contributed by atoms with Crippen LogP contribution in [-0.2, 0) is 89.9 Å². The van der Waals surface area contributed by atoms with Gasteiger partial charge < -0.3 is 114 Å². The lowest BCUT2D eigenvalue weighted by molar-refractivity contribution is -0.282. The molecular weight excluding hydrogens is 1530 g/mol. The fourth-order valence-corrected chi connectivity index (χ4v) is 15.6. The van der Waals surface area contributed by atoms with Crippen LogP contribution in [0.2, 0.25) is 0 Å². The third-order valence-electron chi connectivity index (χ3n) is 22.8. The van der Waals surface area contributed by atoms with Crippen molar-refractivity contribution in [3.63, 3.8) is 0 Å². The summed E-state index contributed by atoms with van der Waals surface area (Å²) in [7, 11) is -1.95. The van der Waals surface area contributed by atoms with Crippen LogP contribution in [0.15, 0.2) is 0 Å². The van der Waals surface area contributed by atoms with Crippen molar-refractivity contribution in [1.29, 1.82) is 0 Å². The summed E-state index contributed by atoms with van der Waals surface area (Å²) in [4.78, 5) is 107. The number of unbranched alkanes of at least 4 members (excludes halogenated alkanes) is 14. The average molecular weight is 1680 g/mol. The Hall–Kier alpha value is -3.81. The molecule has 3 aliphatic heterocycles. The van der Waals surface area contributed by atoms with Crippen LogP contribution in [0.25, 0.3) is 0 Å². The van der Waals surface area contributed by atoms with Gasteiger partial charge in [-0.3, -0.25) is 42.9 Å². The second-order valence-corrected chi connectivity index (χ2v) is 35.0. The molecule has 0 aromatic carbocycles. The Bertz CT molecular complexity index is 2600. The normalized spacial score (nSPS) is 26.6. The summed E-state index contributed by atoms with van der Waals surface area (Å²) in [6.07, 6.45) is 6.87. The number of amides is 3. The van der Waals surface area contributed by atoms with E-state index in [0.717, 1.165) is 38.5 Å². The molecule has 1 aliphatic carbocycles. The molecule has 3 heterocycles. The predicted octanol–water partition coefficient (Wildman–Crippen LogP) is 5.75. The van der Waals surface area contributed by atoms with Crippen LogP contribution < -0.4 is 10.6 Å². The number of aliphatic hydroxyl groups is 10. The molecule has 0 spiro atoms. The first-order valence-electron chi connectivity index (χ1n) is 43.3.